The van der Waals surface area contributed by atoms with Crippen LogP contribution in [-0.2, 0) is 4.79 Å². The van der Waals surface area contributed by atoms with E-state index in [1.165, 1.54) is 11.3 Å². The quantitative estimate of drug-likeness (QED) is 0.290. The van der Waals surface area contributed by atoms with Gasteiger partial charge in [0.05, 0.1) is 23.3 Å². The van der Waals surface area contributed by atoms with Gasteiger partial charge in [-0.05, 0) is 56.2 Å². The fourth-order valence-corrected chi connectivity index (χ4v) is 5.43. The third-order valence-electron chi connectivity index (χ3n) is 6.49. The molecule has 0 unspecified atom stereocenters. The Morgan fingerprint density at radius 2 is 1.84 bits per heavy atom. The highest BCUT2D eigenvalue weighted by Crippen LogP contribution is 2.33. The van der Waals surface area contributed by atoms with Crippen molar-refractivity contribution >= 4 is 45.7 Å². The molecule has 0 saturated carbocycles. The number of anilines is 1. The molecule has 184 valence electrons. The Labute approximate surface area is 217 Å². The predicted molar refractivity (Wildman–Crippen MR) is 149 cm³/mol. The number of para-hydroxylation sites is 2. The lowest BCUT2D eigenvalue weighted by Crippen LogP contribution is -2.25. The summed E-state index contributed by atoms with van der Waals surface area (Å²) in [5.74, 6) is 0.491. The van der Waals surface area contributed by atoms with Gasteiger partial charge in [-0.15, -0.1) is 11.3 Å². The SMILES string of the molecule is Cc1cccc(C)c1N=c1scc(-c2ccc3c(c2)NC(=O)CO3)n1N=Cc1c(C)[nH]c2ccccc12. The van der Waals surface area contributed by atoms with Crippen LogP contribution in [0.2, 0.25) is 0 Å². The molecule has 6 rings (SSSR count). The van der Waals surface area contributed by atoms with E-state index in [1.807, 2.05) is 52.7 Å². The average Bonchev–Trinajstić information content (AvgIpc) is 3.44. The van der Waals surface area contributed by atoms with Gasteiger partial charge in [-0.2, -0.15) is 5.10 Å². The van der Waals surface area contributed by atoms with E-state index in [1.54, 1.807) is 0 Å². The maximum Gasteiger partial charge on any atom is 0.262 e. The third-order valence-corrected chi connectivity index (χ3v) is 7.30. The van der Waals surface area contributed by atoms with Crippen molar-refractivity contribution in [1.29, 1.82) is 0 Å². The van der Waals surface area contributed by atoms with Gasteiger partial charge in [0, 0.05) is 33.1 Å². The second kappa shape index (κ2) is 9.22. The number of rotatable bonds is 4. The molecular formula is C29H25N5O2S. The standard InChI is InChI=1S/C29H25N5O2S/c1-17-7-6-8-18(2)28(17)33-29-34(30-14-22-19(3)31-23-10-5-4-9-21(22)23)25(16-37-29)20-11-12-26-24(13-20)32-27(35)15-36-26/h4-14,16,31H,15H2,1-3H3,(H,32,35). The minimum Gasteiger partial charge on any atom is -0.482 e. The van der Waals surface area contributed by atoms with Crippen molar-refractivity contribution in [2.24, 2.45) is 10.1 Å². The highest BCUT2D eigenvalue weighted by Gasteiger charge is 2.18. The van der Waals surface area contributed by atoms with Crippen LogP contribution in [0.1, 0.15) is 22.4 Å². The Kier molecular flexibility index (Phi) is 5.73. The first-order valence-corrected chi connectivity index (χ1v) is 12.9. The molecule has 0 bridgehead atoms. The monoisotopic (exact) mass is 507 g/mol. The van der Waals surface area contributed by atoms with E-state index in [9.17, 15) is 4.79 Å². The lowest BCUT2D eigenvalue weighted by atomic mass is 10.1. The summed E-state index contributed by atoms with van der Waals surface area (Å²) in [5.41, 5.74) is 8.71. The molecule has 2 aromatic heterocycles. The molecule has 0 atom stereocenters. The molecule has 1 aliphatic rings. The van der Waals surface area contributed by atoms with Gasteiger partial charge in [0.1, 0.15) is 5.75 Å². The summed E-state index contributed by atoms with van der Waals surface area (Å²) >= 11 is 1.52. The molecule has 0 saturated heterocycles. The van der Waals surface area contributed by atoms with Crippen LogP contribution in [0.4, 0.5) is 11.4 Å². The summed E-state index contributed by atoms with van der Waals surface area (Å²) in [7, 11) is 0. The van der Waals surface area contributed by atoms with Gasteiger partial charge in [0.25, 0.3) is 5.91 Å². The molecule has 3 heterocycles. The van der Waals surface area contributed by atoms with E-state index in [0.29, 0.717) is 11.4 Å². The number of nitrogens with one attached hydrogen (secondary N) is 2. The molecule has 0 spiro atoms. The van der Waals surface area contributed by atoms with Gasteiger partial charge < -0.3 is 15.0 Å². The van der Waals surface area contributed by atoms with Gasteiger partial charge >= 0.3 is 0 Å². The van der Waals surface area contributed by atoms with Crippen molar-refractivity contribution in [2.45, 2.75) is 20.8 Å². The number of fused-ring (bicyclic) bond motifs is 2. The van der Waals surface area contributed by atoms with Crippen LogP contribution in [0.25, 0.3) is 22.2 Å². The largest absolute Gasteiger partial charge is 0.482 e. The lowest BCUT2D eigenvalue weighted by molar-refractivity contribution is -0.118. The Balaban J connectivity index is 1.53. The fraction of sp³-hybridized carbons (Fsp3) is 0.138. The number of amides is 1. The van der Waals surface area contributed by atoms with Gasteiger partial charge in [-0.1, -0.05) is 36.4 Å². The second-order valence-corrected chi connectivity index (χ2v) is 9.91. The zero-order valence-electron chi connectivity index (χ0n) is 20.7. The zero-order valence-corrected chi connectivity index (χ0v) is 21.5. The number of hydrogen-bond acceptors (Lipinski definition) is 5. The third kappa shape index (κ3) is 4.25. The Hall–Kier alpha value is -4.43. The van der Waals surface area contributed by atoms with Crippen LogP contribution in [0.5, 0.6) is 5.75 Å². The van der Waals surface area contributed by atoms with Gasteiger partial charge in [0.2, 0.25) is 4.80 Å². The highest BCUT2D eigenvalue weighted by atomic mass is 32.1. The number of benzene rings is 3. The van der Waals surface area contributed by atoms with Crippen LogP contribution in [0.15, 0.2) is 76.1 Å². The number of hydrogen-bond donors (Lipinski definition) is 2. The number of thiazole rings is 1. The minimum absolute atomic E-state index is 0.0257. The van der Waals surface area contributed by atoms with Crippen molar-refractivity contribution in [3.8, 4) is 17.0 Å². The molecular weight excluding hydrogens is 482 g/mol. The molecule has 8 heteroatoms. The van der Waals surface area contributed by atoms with E-state index in [0.717, 1.165) is 55.0 Å². The van der Waals surface area contributed by atoms with Crippen LogP contribution in [0, 0.1) is 20.8 Å². The van der Waals surface area contributed by atoms with Crippen LogP contribution in [-0.4, -0.2) is 28.4 Å². The fourth-order valence-electron chi connectivity index (χ4n) is 4.59. The molecule has 2 N–H and O–H groups in total. The number of H-pyrrole nitrogens is 1. The maximum absolute atomic E-state index is 11.9. The van der Waals surface area contributed by atoms with Crippen molar-refractivity contribution in [2.75, 3.05) is 11.9 Å². The van der Waals surface area contributed by atoms with E-state index in [4.69, 9.17) is 14.8 Å². The Morgan fingerprint density at radius 3 is 2.68 bits per heavy atom. The summed E-state index contributed by atoms with van der Waals surface area (Å²) in [6.07, 6.45) is 1.89. The number of carbonyl (C=O) groups is 1. The molecule has 3 aromatic carbocycles. The van der Waals surface area contributed by atoms with E-state index in [2.05, 4.69) is 55.3 Å². The molecule has 1 aliphatic heterocycles. The summed E-state index contributed by atoms with van der Waals surface area (Å²) < 4.78 is 7.42. The minimum atomic E-state index is -0.165. The van der Waals surface area contributed by atoms with Crippen molar-refractivity contribution in [3.63, 3.8) is 0 Å². The summed E-state index contributed by atoms with van der Waals surface area (Å²) in [4.78, 5) is 21.1. The first-order valence-electron chi connectivity index (χ1n) is 12.0. The number of ether oxygens (including phenoxy) is 1. The predicted octanol–water partition coefficient (Wildman–Crippen LogP) is 6.07. The molecule has 0 fully saturated rings. The maximum atomic E-state index is 11.9. The molecule has 5 aromatic rings. The normalized spacial score (nSPS) is 13.7. The zero-order chi connectivity index (χ0) is 25.5. The molecule has 1 amide bonds. The van der Waals surface area contributed by atoms with Crippen LogP contribution >= 0.6 is 11.3 Å². The Morgan fingerprint density at radius 1 is 1.03 bits per heavy atom. The smallest absolute Gasteiger partial charge is 0.262 e. The number of nitrogens with zero attached hydrogens (tertiary/aromatic N) is 3. The number of aryl methyl sites for hydroxylation is 3. The first kappa shape index (κ1) is 23.0. The van der Waals surface area contributed by atoms with Crippen LogP contribution in [0.3, 0.4) is 0 Å². The first-order chi connectivity index (χ1) is 18.0. The van der Waals surface area contributed by atoms with Gasteiger partial charge in [-0.3, -0.25) is 4.79 Å². The molecule has 0 aliphatic carbocycles. The van der Waals surface area contributed by atoms with Crippen molar-refractivity contribution in [1.82, 2.24) is 9.66 Å². The van der Waals surface area contributed by atoms with E-state index < -0.39 is 0 Å². The van der Waals surface area contributed by atoms with Gasteiger partial charge in [0.15, 0.2) is 6.61 Å². The lowest BCUT2D eigenvalue weighted by Gasteiger charge is -2.18. The van der Waals surface area contributed by atoms with E-state index >= 15 is 0 Å². The topological polar surface area (TPSA) is 83.8 Å². The highest BCUT2D eigenvalue weighted by molar-refractivity contribution is 7.07. The Bertz CT molecular complexity index is 1750. The molecule has 0 radical (unpaired) electrons. The van der Waals surface area contributed by atoms with Gasteiger partial charge in [-0.25, -0.2) is 9.67 Å². The number of aromatic amines is 1. The van der Waals surface area contributed by atoms with E-state index in [-0.39, 0.29) is 12.5 Å². The second-order valence-electron chi connectivity index (χ2n) is 9.07. The average molecular weight is 508 g/mol. The summed E-state index contributed by atoms with van der Waals surface area (Å²) in [6.45, 7) is 6.21. The van der Waals surface area contributed by atoms with Crippen molar-refractivity contribution in [3.05, 3.63) is 93.2 Å². The number of carbonyl (C=O) groups excluding carboxylic acids is 1. The summed E-state index contributed by atoms with van der Waals surface area (Å²) in [5, 5.41) is 11.0. The molecule has 37 heavy (non-hydrogen) atoms. The van der Waals surface area contributed by atoms with Crippen molar-refractivity contribution < 1.29 is 9.53 Å². The van der Waals surface area contributed by atoms with Crippen LogP contribution < -0.4 is 14.9 Å². The summed E-state index contributed by atoms with van der Waals surface area (Å²) in [6, 6.07) is 20.1. The number of aromatic nitrogens is 2. The molecule has 7 nitrogen and oxygen atoms in total.